The summed E-state index contributed by atoms with van der Waals surface area (Å²) in [6.07, 6.45) is 2.43. The monoisotopic (exact) mass is 318 g/mol. The van der Waals surface area contributed by atoms with Crippen molar-refractivity contribution in [2.24, 2.45) is 11.7 Å². The van der Waals surface area contributed by atoms with Crippen LogP contribution in [0, 0.1) is 5.92 Å². The largest absolute Gasteiger partial charge is 0.380 e. The van der Waals surface area contributed by atoms with Crippen LogP contribution in [-0.4, -0.2) is 28.2 Å². The maximum atomic E-state index is 12.1. The number of halogens is 1. The molecule has 0 amide bonds. The number of sulfonamides is 1. The quantitative estimate of drug-likeness (QED) is 0.712. The van der Waals surface area contributed by atoms with Gasteiger partial charge in [0.25, 0.3) is 0 Å². The molecule has 0 aromatic heterocycles. The van der Waals surface area contributed by atoms with E-state index in [1.807, 2.05) is 0 Å². The molecule has 1 aromatic carbocycles. The zero-order valence-electron chi connectivity index (χ0n) is 11.1. The summed E-state index contributed by atoms with van der Waals surface area (Å²) in [5.74, 6) is 0.671. The van der Waals surface area contributed by atoms with Crippen LogP contribution in [0.1, 0.15) is 18.4 Å². The van der Waals surface area contributed by atoms with E-state index in [-0.39, 0.29) is 16.5 Å². The Hall–Kier alpha value is -0.660. The second-order valence-electron chi connectivity index (χ2n) is 4.88. The van der Waals surface area contributed by atoms with Crippen LogP contribution in [-0.2, 0) is 21.3 Å². The van der Waals surface area contributed by atoms with Crippen molar-refractivity contribution in [3.8, 4) is 0 Å². The van der Waals surface area contributed by atoms with E-state index in [9.17, 15) is 8.42 Å². The lowest BCUT2D eigenvalue weighted by molar-refractivity contribution is 0.129. The van der Waals surface area contributed by atoms with Gasteiger partial charge in [0.05, 0.1) is 11.6 Å². The van der Waals surface area contributed by atoms with Crippen molar-refractivity contribution >= 4 is 21.6 Å². The maximum Gasteiger partial charge on any atom is 0.242 e. The van der Waals surface area contributed by atoms with Crippen molar-refractivity contribution in [1.82, 2.24) is 4.72 Å². The molecule has 0 unspecified atom stereocenters. The Balaban J connectivity index is 1.88. The molecule has 1 aromatic rings. The van der Waals surface area contributed by atoms with Crippen molar-refractivity contribution in [1.29, 1.82) is 0 Å². The third-order valence-corrected chi connectivity index (χ3v) is 5.05. The van der Waals surface area contributed by atoms with Crippen LogP contribution in [0.15, 0.2) is 23.1 Å². The van der Waals surface area contributed by atoms with Crippen LogP contribution in [0.5, 0.6) is 0 Å². The number of rotatable bonds is 8. The van der Waals surface area contributed by atoms with Crippen LogP contribution >= 0.6 is 11.6 Å². The molecular weight excluding hydrogens is 300 g/mol. The number of benzene rings is 1. The second kappa shape index (κ2) is 6.87. The molecule has 7 heteroatoms. The van der Waals surface area contributed by atoms with Crippen molar-refractivity contribution in [2.45, 2.75) is 24.3 Å². The Morgan fingerprint density at radius 2 is 2.15 bits per heavy atom. The summed E-state index contributed by atoms with van der Waals surface area (Å²) in [6, 6.07) is 4.70. The predicted octanol–water partition coefficient (Wildman–Crippen LogP) is 1.50. The van der Waals surface area contributed by atoms with Gasteiger partial charge < -0.3 is 10.5 Å². The summed E-state index contributed by atoms with van der Waals surface area (Å²) < 4.78 is 32.0. The predicted molar refractivity (Wildman–Crippen MR) is 78.1 cm³/mol. The minimum Gasteiger partial charge on any atom is -0.380 e. The molecule has 0 bridgehead atoms. The number of hydrogen-bond donors (Lipinski definition) is 2. The van der Waals surface area contributed by atoms with Crippen molar-refractivity contribution in [2.75, 3.05) is 19.8 Å². The van der Waals surface area contributed by atoms with Gasteiger partial charge in [-0.2, -0.15) is 0 Å². The molecule has 0 spiro atoms. The smallest absolute Gasteiger partial charge is 0.242 e. The SMILES string of the molecule is NCc1ccc(S(=O)(=O)NCCOCC2CC2)c(Cl)c1. The van der Waals surface area contributed by atoms with Gasteiger partial charge in [-0.1, -0.05) is 17.7 Å². The van der Waals surface area contributed by atoms with Gasteiger partial charge in [0, 0.05) is 19.7 Å². The molecule has 20 heavy (non-hydrogen) atoms. The normalized spacial score (nSPS) is 15.5. The lowest BCUT2D eigenvalue weighted by Crippen LogP contribution is -2.28. The van der Waals surface area contributed by atoms with Crippen molar-refractivity contribution in [3.63, 3.8) is 0 Å². The van der Waals surface area contributed by atoms with Crippen LogP contribution in [0.4, 0.5) is 0 Å². The summed E-state index contributed by atoms with van der Waals surface area (Å²) in [5, 5.41) is 0.180. The first kappa shape index (κ1) is 15.7. The lowest BCUT2D eigenvalue weighted by atomic mass is 10.2. The Labute approximate surface area is 124 Å². The average Bonchev–Trinajstić information content (AvgIpc) is 3.21. The number of hydrogen-bond acceptors (Lipinski definition) is 4. The van der Waals surface area contributed by atoms with E-state index in [4.69, 9.17) is 22.1 Å². The van der Waals surface area contributed by atoms with Crippen LogP contribution < -0.4 is 10.5 Å². The van der Waals surface area contributed by atoms with E-state index in [1.165, 1.54) is 18.9 Å². The fourth-order valence-electron chi connectivity index (χ4n) is 1.75. The van der Waals surface area contributed by atoms with E-state index >= 15 is 0 Å². The first-order valence-corrected chi connectivity index (χ1v) is 8.45. The molecule has 1 saturated carbocycles. The average molecular weight is 319 g/mol. The van der Waals surface area contributed by atoms with Gasteiger partial charge in [-0.05, 0) is 36.5 Å². The molecular formula is C13H19ClN2O3S. The fraction of sp³-hybridized carbons (Fsp3) is 0.538. The molecule has 0 aliphatic heterocycles. The summed E-state index contributed by atoms with van der Waals surface area (Å²) in [5.41, 5.74) is 6.27. The molecule has 1 aliphatic rings. The topological polar surface area (TPSA) is 81.4 Å². The van der Waals surface area contributed by atoms with E-state index in [0.717, 1.165) is 5.56 Å². The van der Waals surface area contributed by atoms with Gasteiger partial charge >= 0.3 is 0 Å². The van der Waals surface area contributed by atoms with E-state index < -0.39 is 10.0 Å². The summed E-state index contributed by atoms with van der Waals surface area (Å²) >= 11 is 5.98. The molecule has 0 radical (unpaired) electrons. The fourth-order valence-corrected chi connectivity index (χ4v) is 3.33. The second-order valence-corrected chi connectivity index (χ2v) is 7.03. The Morgan fingerprint density at radius 1 is 1.40 bits per heavy atom. The molecule has 112 valence electrons. The summed E-state index contributed by atoms with van der Waals surface area (Å²) in [4.78, 5) is 0.0681. The number of nitrogens with two attached hydrogens (primary N) is 1. The number of ether oxygens (including phenoxy) is 1. The van der Waals surface area contributed by atoms with Crippen molar-refractivity contribution in [3.05, 3.63) is 28.8 Å². The third-order valence-electron chi connectivity index (χ3n) is 3.11. The summed E-state index contributed by atoms with van der Waals surface area (Å²) in [7, 11) is -3.60. The highest BCUT2D eigenvalue weighted by molar-refractivity contribution is 7.89. The Kier molecular flexibility index (Phi) is 5.40. The Bertz CT molecular complexity index is 559. The first-order chi connectivity index (χ1) is 9.53. The molecule has 0 atom stereocenters. The minimum absolute atomic E-state index is 0.0681. The van der Waals surface area contributed by atoms with Crippen LogP contribution in [0.3, 0.4) is 0 Å². The van der Waals surface area contributed by atoms with E-state index in [2.05, 4.69) is 4.72 Å². The molecule has 0 heterocycles. The molecule has 3 N–H and O–H groups in total. The maximum absolute atomic E-state index is 12.1. The zero-order chi connectivity index (χ0) is 14.6. The highest BCUT2D eigenvalue weighted by Gasteiger charge is 2.21. The highest BCUT2D eigenvalue weighted by atomic mass is 35.5. The molecule has 1 fully saturated rings. The molecule has 1 aliphatic carbocycles. The number of nitrogens with one attached hydrogen (secondary N) is 1. The zero-order valence-corrected chi connectivity index (χ0v) is 12.7. The van der Waals surface area contributed by atoms with Gasteiger partial charge in [0.15, 0.2) is 0 Å². The van der Waals surface area contributed by atoms with E-state index in [0.29, 0.717) is 25.7 Å². The molecule has 2 rings (SSSR count). The van der Waals surface area contributed by atoms with Crippen LogP contribution in [0.2, 0.25) is 5.02 Å². The summed E-state index contributed by atoms with van der Waals surface area (Å²) in [6.45, 7) is 1.65. The van der Waals surface area contributed by atoms with Gasteiger partial charge in [-0.3, -0.25) is 0 Å². The molecule has 5 nitrogen and oxygen atoms in total. The lowest BCUT2D eigenvalue weighted by Gasteiger charge is -2.09. The first-order valence-electron chi connectivity index (χ1n) is 6.59. The third kappa shape index (κ3) is 4.43. The van der Waals surface area contributed by atoms with E-state index in [1.54, 1.807) is 12.1 Å². The van der Waals surface area contributed by atoms with Gasteiger partial charge in [0.1, 0.15) is 4.90 Å². The highest BCUT2D eigenvalue weighted by Crippen LogP contribution is 2.28. The van der Waals surface area contributed by atoms with Gasteiger partial charge in [-0.15, -0.1) is 0 Å². The van der Waals surface area contributed by atoms with Crippen molar-refractivity contribution < 1.29 is 13.2 Å². The Morgan fingerprint density at radius 3 is 2.75 bits per heavy atom. The minimum atomic E-state index is -3.60. The van der Waals surface area contributed by atoms with Crippen LogP contribution in [0.25, 0.3) is 0 Å². The standard InChI is InChI=1S/C13H19ClN2O3S/c14-12-7-11(8-15)3-4-13(12)20(17,18)16-5-6-19-9-10-1-2-10/h3-4,7,10,16H,1-2,5-6,8-9,15H2. The van der Waals surface area contributed by atoms with Gasteiger partial charge in [0.2, 0.25) is 10.0 Å². The van der Waals surface area contributed by atoms with Gasteiger partial charge in [-0.25, -0.2) is 13.1 Å². The molecule has 0 saturated heterocycles.